The predicted octanol–water partition coefficient (Wildman–Crippen LogP) is 2.35. The normalized spacial score (nSPS) is 22.7. The van der Waals surface area contributed by atoms with Gasteiger partial charge in [0.05, 0.1) is 30.4 Å². The fourth-order valence-electron chi connectivity index (χ4n) is 2.55. The summed E-state index contributed by atoms with van der Waals surface area (Å²) in [5.74, 6) is 0.570. The van der Waals surface area contributed by atoms with Gasteiger partial charge in [-0.05, 0) is 44.5 Å². The number of carbonyl (C=O) groups is 1. The molecule has 22 heavy (non-hydrogen) atoms. The first-order chi connectivity index (χ1) is 10.5. The van der Waals surface area contributed by atoms with E-state index in [1.807, 2.05) is 11.8 Å². The lowest BCUT2D eigenvalue weighted by Crippen LogP contribution is -2.54. The molecule has 0 aromatic heterocycles. The molecule has 1 amide bonds. The second-order valence-corrected chi connectivity index (χ2v) is 5.59. The van der Waals surface area contributed by atoms with E-state index in [1.165, 1.54) is 0 Å². The quantitative estimate of drug-likeness (QED) is 0.856. The molecule has 0 radical (unpaired) electrons. The van der Waals surface area contributed by atoms with Crippen LogP contribution in [0.3, 0.4) is 0 Å². The van der Waals surface area contributed by atoms with Crippen LogP contribution in [0.25, 0.3) is 0 Å². The minimum absolute atomic E-state index is 0.0219. The molecular weight excluding hydrogens is 280 g/mol. The van der Waals surface area contributed by atoms with E-state index in [4.69, 9.17) is 14.7 Å². The SMILES string of the molecule is CC[C@@H]1CO[C@H](C)CN1C(=O)[C@@H](C)Oc1ccc(C#N)cc1. The van der Waals surface area contributed by atoms with Crippen LogP contribution in [0, 0.1) is 11.3 Å². The zero-order chi connectivity index (χ0) is 16.1. The predicted molar refractivity (Wildman–Crippen MR) is 82.5 cm³/mol. The molecule has 0 saturated carbocycles. The molecule has 0 bridgehead atoms. The van der Waals surface area contributed by atoms with Crippen molar-refractivity contribution < 1.29 is 14.3 Å². The molecule has 1 aliphatic rings. The zero-order valence-corrected chi connectivity index (χ0v) is 13.3. The Kier molecular flexibility index (Phi) is 5.40. The van der Waals surface area contributed by atoms with Gasteiger partial charge >= 0.3 is 0 Å². The third kappa shape index (κ3) is 3.77. The third-order valence-electron chi connectivity index (χ3n) is 3.87. The molecule has 0 unspecified atom stereocenters. The molecular formula is C17H22N2O3. The maximum atomic E-state index is 12.6. The number of hydrogen-bond donors (Lipinski definition) is 0. The number of hydrogen-bond acceptors (Lipinski definition) is 4. The summed E-state index contributed by atoms with van der Waals surface area (Å²) in [4.78, 5) is 14.5. The molecule has 0 N–H and O–H groups in total. The highest BCUT2D eigenvalue weighted by atomic mass is 16.5. The van der Waals surface area contributed by atoms with Crippen LogP contribution in [0.1, 0.15) is 32.8 Å². The lowest BCUT2D eigenvalue weighted by atomic mass is 10.1. The van der Waals surface area contributed by atoms with Gasteiger partial charge in [0.15, 0.2) is 6.10 Å². The number of benzene rings is 1. The Bertz CT molecular complexity index is 550. The van der Waals surface area contributed by atoms with Crippen LogP contribution in [0.2, 0.25) is 0 Å². The van der Waals surface area contributed by atoms with Crippen LogP contribution >= 0.6 is 0 Å². The molecule has 0 aliphatic carbocycles. The maximum Gasteiger partial charge on any atom is 0.263 e. The molecule has 0 spiro atoms. The molecule has 5 heteroatoms. The van der Waals surface area contributed by atoms with Crippen molar-refractivity contribution in [3.05, 3.63) is 29.8 Å². The van der Waals surface area contributed by atoms with Gasteiger partial charge in [-0.15, -0.1) is 0 Å². The highest BCUT2D eigenvalue weighted by Crippen LogP contribution is 2.19. The number of amides is 1. The van der Waals surface area contributed by atoms with Crippen LogP contribution in [-0.2, 0) is 9.53 Å². The lowest BCUT2D eigenvalue weighted by molar-refractivity contribution is -0.151. The van der Waals surface area contributed by atoms with Crippen molar-refractivity contribution in [3.8, 4) is 11.8 Å². The van der Waals surface area contributed by atoms with Gasteiger partial charge in [0.25, 0.3) is 5.91 Å². The third-order valence-corrected chi connectivity index (χ3v) is 3.87. The van der Waals surface area contributed by atoms with Crippen molar-refractivity contribution >= 4 is 5.91 Å². The summed E-state index contributed by atoms with van der Waals surface area (Å²) in [6.45, 7) is 6.95. The molecule has 3 atom stereocenters. The summed E-state index contributed by atoms with van der Waals surface area (Å²) < 4.78 is 11.3. The molecule has 1 aromatic carbocycles. The van der Waals surface area contributed by atoms with Gasteiger partial charge in [-0.1, -0.05) is 6.92 Å². The largest absolute Gasteiger partial charge is 0.481 e. The van der Waals surface area contributed by atoms with Crippen molar-refractivity contribution in [2.45, 2.75) is 45.4 Å². The van der Waals surface area contributed by atoms with E-state index in [1.54, 1.807) is 31.2 Å². The van der Waals surface area contributed by atoms with Crippen molar-refractivity contribution in [1.82, 2.24) is 4.90 Å². The van der Waals surface area contributed by atoms with Gasteiger partial charge in [-0.3, -0.25) is 4.79 Å². The Morgan fingerprint density at radius 2 is 2.18 bits per heavy atom. The van der Waals surface area contributed by atoms with Gasteiger partial charge in [-0.2, -0.15) is 5.26 Å². The van der Waals surface area contributed by atoms with E-state index in [2.05, 4.69) is 13.0 Å². The second-order valence-electron chi connectivity index (χ2n) is 5.59. The van der Waals surface area contributed by atoms with Gasteiger partial charge in [0.2, 0.25) is 0 Å². The maximum absolute atomic E-state index is 12.6. The average molecular weight is 302 g/mol. The summed E-state index contributed by atoms with van der Waals surface area (Å²) in [5.41, 5.74) is 0.569. The van der Waals surface area contributed by atoms with Crippen LogP contribution in [-0.4, -0.2) is 42.2 Å². The Hall–Kier alpha value is -2.06. The zero-order valence-electron chi connectivity index (χ0n) is 13.3. The minimum Gasteiger partial charge on any atom is -0.481 e. The smallest absolute Gasteiger partial charge is 0.263 e. The fourth-order valence-corrected chi connectivity index (χ4v) is 2.55. The fraction of sp³-hybridized carbons (Fsp3) is 0.529. The van der Waals surface area contributed by atoms with E-state index >= 15 is 0 Å². The van der Waals surface area contributed by atoms with E-state index in [9.17, 15) is 4.79 Å². The molecule has 118 valence electrons. The van der Waals surface area contributed by atoms with E-state index in [0.29, 0.717) is 24.5 Å². The Morgan fingerprint density at radius 1 is 1.50 bits per heavy atom. The molecule has 1 saturated heterocycles. The topological polar surface area (TPSA) is 62.6 Å². The van der Waals surface area contributed by atoms with Crippen molar-refractivity contribution in [2.75, 3.05) is 13.2 Å². The molecule has 1 aromatic rings. The standard InChI is InChI=1S/C17H22N2O3/c1-4-15-11-21-12(2)10-19(15)17(20)13(3)22-16-7-5-14(9-18)6-8-16/h5-8,12-13,15H,4,10-11H2,1-3H3/t12-,13-,15-/m1/s1. The summed E-state index contributed by atoms with van der Waals surface area (Å²) >= 11 is 0. The molecule has 2 rings (SSSR count). The van der Waals surface area contributed by atoms with E-state index in [0.717, 1.165) is 6.42 Å². The Balaban J connectivity index is 2.02. The average Bonchev–Trinajstić information content (AvgIpc) is 2.54. The Morgan fingerprint density at radius 3 is 2.77 bits per heavy atom. The highest BCUT2D eigenvalue weighted by molar-refractivity contribution is 5.81. The summed E-state index contributed by atoms with van der Waals surface area (Å²) in [6, 6.07) is 8.94. The van der Waals surface area contributed by atoms with Crippen LogP contribution < -0.4 is 4.74 Å². The van der Waals surface area contributed by atoms with Gasteiger partial charge in [0, 0.05) is 6.54 Å². The van der Waals surface area contributed by atoms with Crippen molar-refractivity contribution in [1.29, 1.82) is 5.26 Å². The first kappa shape index (κ1) is 16.3. The monoisotopic (exact) mass is 302 g/mol. The van der Waals surface area contributed by atoms with E-state index < -0.39 is 6.10 Å². The first-order valence-corrected chi connectivity index (χ1v) is 7.64. The number of nitriles is 1. The minimum atomic E-state index is -0.563. The molecule has 1 heterocycles. The molecule has 1 fully saturated rings. The number of carbonyl (C=O) groups excluding carboxylic acids is 1. The number of rotatable bonds is 4. The number of morpholine rings is 1. The van der Waals surface area contributed by atoms with Gasteiger partial charge in [-0.25, -0.2) is 0 Å². The van der Waals surface area contributed by atoms with Crippen LogP contribution in [0.5, 0.6) is 5.75 Å². The van der Waals surface area contributed by atoms with Gasteiger partial charge in [0.1, 0.15) is 5.75 Å². The second kappa shape index (κ2) is 7.28. The number of ether oxygens (including phenoxy) is 2. The molecule has 5 nitrogen and oxygen atoms in total. The first-order valence-electron chi connectivity index (χ1n) is 7.64. The van der Waals surface area contributed by atoms with Crippen molar-refractivity contribution in [3.63, 3.8) is 0 Å². The number of nitrogens with zero attached hydrogens (tertiary/aromatic N) is 2. The summed E-state index contributed by atoms with van der Waals surface area (Å²) in [6.07, 6.45) is 0.350. The van der Waals surface area contributed by atoms with Crippen molar-refractivity contribution in [2.24, 2.45) is 0 Å². The lowest BCUT2D eigenvalue weighted by Gasteiger charge is -2.39. The van der Waals surface area contributed by atoms with Gasteiger partial charge < -0.3 is 14.4 Å². The Labute approximate surface area is 131 Å². The summed E-state index contributed by atoms with van der Waals surface area (Å²) in [5, 5.41) is 8.79. The molecule has 1 aliphatic heterocycles. The van der Waals surface area contributed by atoms with Crippen LogP contribution in [0.4, 0.5) is 0 Å². The van der Waals surface area contributed by atoms with E-state index in [-0.39, 0.29) is 18.1 Å². The highest BCUT2D eigenvalue weighted by Gasteiger charge is 2.32. The van der Waals surface area contributed by atoms with Crippen LogP contribution in [0.15, 0.2) is 24.3 Å². The summed E-state index contributed by atoms with van der Waals surface area (Å²) in [7, 11) is 0.